The molecule has 1 N–H and O–H groups in total. The van der Waals surface area contributed by atoms with Gasteiger partial charge in [-0.05, 0) is 50.6 Å². The lowest BCUT2D eigenvalue weighted by atomic mass is 10.1. The van der Waals surface area contributed by atoms with Crippen molar-refractivity contribution in [3.63, 3.8) is 0 Å². The molecule has 7 nitrogen and oxygen atoms in total. The Bertz CT molecular complexity index is 1230. The molecule has 0 aliphatic rings. The van der Waals surface area contributed by atoms with E-state index in [2.05, 4.69) is 20.4 Å². The van der Waals surface area contributed by atoms with Gasteiger partial charge in [0.15, 0.2) is 5.82 Å². The zero-order valence-electron chi connectivity index (χ0n) is 17.4. The molecule has 0 radical (unpaired) electrons. The number of carbonyl (C=O) groups excluding carboxylic acids is 1. The number of aromatic nitrogens is 4. The summed E-state index contributed by atoms with van der Waals surface area (Å²) in [7, 11) is 1.61. The Kier molecular flexibility index (Phi) is 5.18. The Hall–Kier alpha value is -3.74. The first-order chi connectivity index (χ1) is 14.5. The fraction of sp³-hybridized carbons (Fsp3) is 0.217. The number of benzene rings is 2. The van der Waals surface area contributed by atoms with Crippen molar-refractivity contribution in [2.24, 2.45) is 0 Å². The summed E-state index contributed by atoms with van der Waals surface area (Å²) in [4.78, 5) is 21.8. The van der Waals surface area contributed by atoms with E-state index in [1.54, 1.807) is 11.6 Å². The molecule has 0 spiro atoms. The highest BCUT2D eigenvalue weighted by atomic mass is 16.5. The maximum Gasteiger partial charge on any atom is 0.253 e. The number of fused-ring (bicyclic) bond motifs is 1. The number of nitrogens with one attached hydrogen (secondary N) is 1. The van der Waals surface area contributed by atoms with E-state index in [1.807, 2.05) is 69.3 Å². The van der Waals surface area contributed by atoms with Crippen molar-refractivity contribution in [1.29, 1.82) is 0 Å². The number of anilines is 1. The Balaban J connectivity index is 1.62. The number of hydrogen-bond donors (Lipinski definition) is 1. The lowest BCUT2D eigenvalue weighted by molar-refractivity contribution is -0.115. The van der Waals surface area contributed by atoms with Crippen LogP contribution in [0.4, 0.5) is 5.69 Å². The van der Waals surface area contributed by atoms with Gasteiger partial charge in [-0.15, -0.1) is 5.10 Å². The van der Waals surface area contributed by atoms with E-state index in [0.717, 1.165) is 33.8 Å². The topological polar surface area (TPSA) is 81.4 Å². The van der Waals surface area contributed by atoms with Crippen LogP contribution in [-0.4, -0.2) is 32.6 Å². The number of carbonyl (C=O) groups is 1. The van der Waals surface area contributed by atoms with Crippen LogP contribution in [0.5, 0.6) is 5.75 Å². The molecule has 0 saturated heterocycles. The van der Waals surface area contributed by atoms with Crippen LogP contribution in [0.25, 0.3) is 17.2 Å². The SMILES string of the molecule is COc1ccc(NC(=O)Cc2c(C)nc3nc(-c4ccccc4C)nn3c2C)cc1. The Morgan fingerprint density at radius 1 is 1.03 bits per heavy atom. The predicted molar refractivity (Wildman–Crippen MR) is 116 cm³/mol. The van der Waals surface area contributed by atoms with E-state index in [1.165, 1.54) is 0 Å². The highest BCUT2D eigenvalue weighted by Gasteiger charge is 2.17. The average molecular weight is 401 g/mol. The molecule has 0 bridgehead atoms. The van der Waals surface area contributed by atoms with Crippen LogP contribution in [0.15, 0.2) is 48.5 Å². The van der Waals surface area contributed by atoms with Gasteiger partial charge in [0.2, 0.25) is 5.91 Å². The quantitative estimate of drug-likeness (QED) is 0.548. The van der Waals surface area contributed by atoms with Crippen molar-refractivity contribution in [3.05, 3.63) is 71.0 Å². The summed E-state index contributed by atoms with van der Waals surface area (Å²) in [5.74, 6) is 1.78. The van der Waals surface area contributed by atoms with Gasteiger partial charge in [-0.1, -0.05) is 24.3 Å². The third kappa shape index (κ3) is 3.74. The molecule has 4 aromatic rings. The van der Waals surface area contributed by atoms with Crippen molar-refractivity contribution in [2.75, 3.05) is 12.4 Å². The summed E-state index contributed by atoms with van der Waals surface area (Å²) < 4.78 is 6.86. The summed E-state index contributed by atoms with van der Waals surface area (Å²) in [6.07, 6.45) is 0.201. The lowest BCUT2D eigenvalue weighted by Gasteiger charge is -2.11. The molecule has 0 aliphatic heterocycles. The molecule has 152 valence electrons. The maximum absolute atomic E-state index is 12.6. The number of methoxy groups -OCH3 is 1. The molecule has 2 aromatic carbocycles. The molecule has 2 heterocycles. The molecule has 0 saturated carbocycles. The van der Waals surface area contributed by atoms with Gasteiger partial charge < -0.3 is 10.1 Å². The van der Waals surface area contributed by atoms with E-state index >= 15 is 0 Å². The van der Waals surface area contributed by atoms with Crippen molar-refractivity contribution < 1.29 is 9.53 Å². The van der Waals surface area contributed by atoms with Crippen LogP contribution in [0, 0.1) is 20.8 Å². The van der Waals surface area contributed by atoms with Crippen LogP contribution in [0.3, 0.4) is 0 Å². The summed E-state index contributed by atoms with van der Waals surface area (Å²) in [5, 5.41) is 7.57. The third-order valence-corrected chi connectivity index (χ3v) is 5.15. The fourth-order valence-corrected chi connectivity index (χ4v) is 3.44. The molecule has 1 amide bonds. The second-order valence-corrected chi connectivity index (χ2v) is 7.18. The van der Waals surface area contributed by atoms with Gasteiger partial charge in [0.05, 0.1) is 13.5 Å². The Labute approximate surface area is 174 Å². The number of amides is 1. The number of nitrogens with zero attached hydrogens (tertiary/aromatic N) is 4. The second kappa shape index (κ2) is 7.94. The van der Waals surface area contributed by atoms with E-state index < -0.39 is 0 Å². The summed E-state index contributed by atoms with van der Waals surface area (Å²) in [6.45, 7) is 5.86. The zero-order valence-corrected chi connectivity index (χ0v) is 17.4. The molecule has 0 fully saturated rings. The molecule has 30 heavy (non-hydrogen) atoms. The van der Waals surface area contributed by atoms with Gasteiger partial charge in [0.25, 0.3) is 5.78 Å². The first-order valence-electron chi connectivity index (χ1n) is 9.69. The van der Waals surface area contributed by atoms with Gasteiger partial charge >= 0.3 is 0 Å². The monoisotopic (exact) mass is 401 g/mol. The number of rotatable bonds is 5. The van der Waals surface area contributed by atoms with Crippen LogP contribution in [0.1, 0.15) is 22.5 Å². The van der Waals surface area contributed by atoms with Crippen LogP contribution in [0.2, 0.25) is 0 Å². The predicted octanol–water partition coefficient (Wildman–Crippen LogP) is 3.91. The molecule has 0 unspecified atom stereocenters. The van der Waals surface area contributed by atoms with Crippen molar-refractivity contribution in [3.8, 4) is 17.1 Å². The van der Waals surface area contributed by atoms with Gasteiger partial charge in [0.1, 0.15) is 5.75 Å². The molecule has 0 aliphatic carbocycles. The maximum atomic E-state index is 12.6. The standard InChI is InChI=1S/C23H23N5O2/c1-14-7-5-6-8-19(14)22-26-23-24-15(2)20(16(3)28(23)27-22)13-21(29)25-17-9-11-18(30-4)12-10-17/h5-12H,13H2,1-4H3,(H,25,29). The molecule has 7 heteroatoms. The number of aryl methyl sites for hydroxylation is 3. The molecular weight excluding hydrogens is 378 g/mol. The molecule has 4 rings (SSSR count). The van der Waals surface area contributed by atoms with E-state index in [-0.39, 0.29) is 12.3 Å². The highest BCUT2D eigenvalue weighted by Crippen LogP contribution is 2.22. The normalized spacial score (nSPS) is 10.9. The van der Waals surface area contributed by atoms with Gasteiger partial charge in [-0.3, -0.25) is 4.79 Å². The molecule has 0 atom stereocenters. The minimum absolute atomic E-state index is 0.119. The lowest BCUT2D eigenvalue weighted by Crippen LogP contribution is -2.17. The van der Waals surface area contributed by atoms with Gasteiger partial charge in [0, 0.05) is 28.2 Å². The van der Waals surface area contributed by atoms with E-state index in [0.29, 0.717) is 17.3 Å². The minimum atomic E-state index is -0.119. The average Bonchev–Trinajstić information content (AvgIpc) is 3.16. The van der Waals surface area contributed by atoms with Crippen LogP contribution >= 0.6 is 0 Å². The Morgan fingerprint density at radius 2 is 1.77 bits per heavy atom. The van der Waals surface area contributed by atoms with Gasteiger partial charge in [-0.25, -0.2) is 9.50 Å². The van der Waals surface area contributed by atoms with E-state index in [9.17, 15) is 4.79 Å². The largest absolute Gasteiger partial charge is 0.497 e. The molecule has 2 aromatic heterocycles. The Morgan fingerprint density at radius 3 is 2.47 bits per heavy atom. The fourth-order valence-electron chi connectivity index (χ4n) is 3.44. The zero-order chi connectivity index (χ0) is 21.3. The van der Waals surface area contributed by atoms with E-state index in [4.69, 9.17) is 4.74 Å². The van der Waals surface area contributed by atoms with Gasteiger partial charge in [-0.2, -0.15) is 4.98 Å². The third-order valence-electron chi connectivity index (χ3n) is 5.15. The highest BCUT2D eigenvalue weighted by molar-refractivity contribution is 5.92. The molecular formula is C23H23N5O2. The smallest absolute Gasteiger partial charge is 0.253 e. The summed E-state index contributed by atoms with van der Waals surface area (Å²) >= 11 is 0. The first-order valence-corrected chi connectivity index (χ1v) is 9.69. The van der Waals surface area contributed by atoms with Crippen molar-refractivity contribution in [1.82, 2.24) is 19.6 Å². The number of ether oxygens (including phenoxy) is 1. The van der Waals surface area contributed by atoms with Crippen LogP contribution in [-0.2, 0) is 11.2 Å². The second-order valence-electron chi connectivity index (χ2n) is 7.18. The minimum Gasteiger partial charge on any atom is -0.497 e. The van der Waals surface area contributed by atoms with Crippen LogP contribution < -0.4 is 10.1 Å². The van der Waals surface area contributed by atoms with Crippen molar-refractivity contribution in [2.45, 2.75) is 27.2 Å². The van der Waals surface area contributed by atoms with Crippen molar-refractivity contribution >= 4 is 17.4 Å². The number of hydrogen-bond acceptors (Lipinski definition) is 5. The summed E-state index contributed by atoms with van der Waals surface area (Å²) in [5.41, 5.74) is 5.26. The summed E-state index contributed by atoms with van der Waals surface area (Å²) in [6, 6.07) is 15.2. The first kappa shape index (κ1) is 19.6.